The van der Waals surface area contributed by atoms with Gasteiger partial charge in [0, 0.05) is 63.1 Å². The molecule has 7 heteroatoms. The average molecular weight is 388 g/mol. The van der Waals surface area contributed by atoms with Crippen LogP contribution in [-0.4, -0.2) is 52.7 Å². The lowest BCUT2D eigenvalue weighted by Crippen LogP contribution is -2.47. The van der Waals surface area contributed by atoms with Crippen LogP contribution < -0.4 is 9.80 Å². The van der Waals surface area contributed by atoms with Gasteiger partial charge in [-0.2, -0.15) is 0 Å². The Morgan fingerprint density at radius 2 is 1.72 bits per heavy atom. The van der Waals surface area contributed by atoms with Crippen LogP contribution in [0.3, 0.4) is 0 Å². The Balaban J connectivity index is 1.39. The Morgan fingerprint density at radius 1 is 0.897 bits per heavy atom. The van der Waals surface area contributed by atoms with Gasteiger partial charge in [0.25, 0.3) is 0 Å². The van der Waals surface area contributed by atoms with Gasteiger partial charge in [0.1, 0.15) is 11.9 Å². The van der Waals surface area contributed by atoms with Gasteiger partial charge in [-0.25, -0.2) is 15.0 Å². The number of rotatable bonds is 4. The van der Waals surface area contributed by atoms with E-state index in [9.17, 15) is 0 Å². The van der Waals surface area contributed by atoms with Gasteiger partial charge in [-0.05, 0) is 42.7 Å². The maximum Gasteiger partial charge on any atom is 0.225 e. The minimum Gasteiger partial charge on any atom is -0.372 e. The third-order valence-corrected chi connectivity index (χ3v) is 5.57. The molecule has 29 heavy (non-hydrogen) atoms. The second-order valence-corrected chi connectivity index (χ2v) is 7.37. The molecule has 148 valence electrons. The van der Waals surface area contributed by atoms with Gasteiger partial charge in [0.15, 0.2) is 0 Å². The SMILES string of the molecule is c1ccc(N2CCN(c3ncc(-c4ccncc4)c([C@H]4CCCO4)n3)CC2)nc1. The summed E-state index contributed by atoms with van der Waals surface area (Å²) in [6.45, 7) is 4.35. The van der Waals surface area contributed by atoms with Crippen molar-refractivity contribution in [3.63, 3.8) is 0 Å². The molecule has 0 aromatic carbocycles. The van der Waals surface area contributed by atoms with Crippen molar-refractivity contribution < 1.29 is 4.74 Å². The van der Waals surface area contributed by atoms with E-state index in [1.807, 2.05) is 36.7 Å². The number of aromatic nitrogens is 4. The molecule has 1 atom stereocenters. The fourth-order valence-electron chi connectivity index (χ4n) is 4.01. The summed E-state index contributed by atoms with van der Waals surface area (Å²) in [4.78, 5) is 22.9. The van der Waals surface area contributed by atoms with Gasteiger partial charge >= 0.3 is 0 Å². The average Bonchev–Trinajstić information content (AvgIpc) is 3.35. The lowest BCUT2D eigenvalue weighted by Gasteiger charge is -2.35. The van der Waals surface area contributed by atoms with Gasteiger partial charge in [-0.3, -0.25) is 4.98 Å². The predicted octanol–water partition coefficient (Wildman–Crippen LogP) is 3.11. The predicted molar refractivity (Wildman–Crippen MR) is 112 cm³/mol. The number of piperazine rings is 1. The molecule has 3 aromatic heterocycles. The maximum absolute atomic E-state index is 5.98. The largest absolute Gasteiger partial charge is 0.372 e. The van der Waals surface area contributed by atoms with E-state index in [1.165, 1.54) is 0 Å². The van der Waals surface area contributed by atoms with Gasteiger partial charge in [0.05, 0.1) is 5.69 Å². The Hall–Kier alpha value is -3.06. The van der Waals surface area contributed by atoms with E-state index >= 15 is 0 Å². The van der Waals surface area contributed by atoms with Crippen molar-refractivity contribution in [2.24, 2.45) is 0 Å². The second-order valence-electron chi connectivity index (χ2n) is 7.37. The van der Waals surface area contributed by atoms with Crippen LogP contribution in [0.15, 0.2) is 55.1 Å². The zero-order valence-corrected chi connectivity index (χ0v) is 16.3. The molecule has 2 aliphatic rings. The molecule has 2 aliphatic heterocycles. The van der Waals surface area contributed by atoms with Gasteiger partial charge in [-0.15, -0.1) is 0 Å². The molecule has 0 N–H and O–H groups in total. The van der Waals surface area contributed by atoms with Crippen molar-refractivity contribution in [1.29, 1.82) is 0 Å². The number of pyridine rings is 2. The molecule has 2 saturated heterocycles. The first-order valence-electron chi connectivity index (χ1n) is 10.2. The fourth-order valence-corrected chi connectivity index (χ4v) is 4.01. The third kappa shape index (κ3) is 3.78. The van der Waals surface area contributed by atoms with Crippen molar-refractivity contribution in [1.82, 2.24) is 19.9 Å². The van der Waals surface area contributed by atoms with E-state index in [-0.39, 0.29) is 6.10 Å². The zero-order valence-electron chi connectivity index (χ0n) is 16.3. The fraction of sp³-hybridized carbons (Fsp3) is 0.364. The lowest BCUT2D eigenvalue weighted by atomic mass is 10.0. The van der Waals surface area contributed by atoms with E-state index in [1.54, 1.807) is 12.4 Å². The van der Waals surface area contributed by atoms with Crippen molar-refractivity contribution in [2.75, 3.05) is 42.6 Å². The summed E-state index contributed by atoms with van der Waals surface area (Å²) in [5.41, 5.74) is 3.11. The first-order chi connectivity index (χ1) is 14.4. The van der Waals surface area contributed by atoms with Gasteiger partial charge in [0.2, 0.25) is 5.95 Å². The molecular formula is C22H24N6O. The molecule has 3 aromatic rings. The molecular weight excluding hydrogens is 364 g/mol. The summed E-state index contributed by atoms with van der Waals surface area (Å²) in [7, 11) is 0. The van der Waals surface area contributed by atoms with E-state index in [0.717, 1.165) is 74.2 Å². The molecule has 0 aliphatic carbocycles. The van der Waals surface area contributed by atoms with Crippen LogP contribution in [0, 0.1) is 0 Å². The standard InChI is InChI=1S/C22H24N6O/c1-2-8-24-20(5-1)27-11-13-28(14-12-27)22-25-16-18(17-6-9-23-10-7-17)21(26-22)19-4-3-15-29-19/h1-2,5-10,16,19H,3-4,11-15H2/t19-/m1/s1. The topological polar surface area (TPSA) is 67.3 Å². The van der Waals surface area contributed by atoms with Crippen LogP contribution in [0.5, 0.6) is 0 Å². The molecule has 0 bridgehead atoms. The molecule has 0 radical (unpaired) electrons. The summed E-state index contributed by atoms with van der Waals surface area (Å²) in [6.07, 6.45) is 9.51. The maximum atomic E-state index is 5.98. The zero-order chi connectivity index (χ0) is 19.5. The normalized spacial score (nSPS) is 19.5. The molecule has 0 spiro atoms. The first kappa shape index (κ1) is 18.0. The summed E-state index contributed by atoms with van der Waals surface area (Å²) in [5, 5.41) is 0. The van der Waals surface area contributed by atoms with Crippen molar-refractivity contribution in [2.45, 2.75) is 18.9 Å². The molecule has 0 unspecified atom stereocenters. The van der Waals surface area contributed by atoms with Gasteiger partial charge < -0.3 is 14.5 Å². The van der Waals surface area contributed by atoms with Crippen LogP contribution in [0.4, 0.5) is 11.8 Å². The third-order valence-electron chi connectivity index (χ3n) is 5.57. The van der Waals surface area contributed by atoms with E-state index < -0.39 is 0 Å². The summed E-state index contributed by atoms with van der Waals surface area (Å²) in [6, 6.07) is 10.0. The number of anilines is 2. The monoisotopic (exact) mass is 388 g/mol. The van der Waals surface area contributed by atoms with E-state index in [0.29, 0.717) is 0 Å². The Kier molecular flexibility index (Phi) is 5.04. The highest BCUT2D eigenvalue weighted by atomic mass is 16.5. The molecule has 5 rings (SSSR count). The lowest BCUT2D eigenvalue weighted by molar-refractivity contribution is 0.109. The van der Waals surface area contributed by atoms with Crippen LogP contribution in [0.1, 0.15) is 24.6 Å². The van der Waals surface area contributed by atoms with Gasteiger partial charge in [-0.1, -0.05) is 6.07 Å². The second kappa shape index (κ2) is 8.13. The highest BCUT2D eigenvalue weighted by Crippen LogP contribution is 2.35. The van der Waals surface area contributed by atoms with Crippen molar-refractivity contribution in [3.05, 3.63) is 60.8 Å². The minimum absolute atomic E-state index is 0.0368. The summed E-state index contributed by atoms with van der Waals surface area (Å²) >= 11 is 0. The highest BCUT2D eigenvalue weighted by molar-refractivity contribution is 5.66. The Bertz CT molecular complexity index is 938. The molecule has 5 heterocycles. The van der Waals surface area contributed by atoms with Crippen LogP contribution in [-0.2, 0) is 4.74 Å². The molecule has 0 amide bonds. The molecule has 7 nitrogen and oxygen atoms in total. The number of hydrogen-bond donors (Lipinski definition) is 0. The highest BCUT2D eigenvalue weighted by Gasteiger charge is 2.26. The molecule has 0 saturated carbocycles. The smallest absolute Gasteiger partial charge is 0.225 e. The number of nitrogens with zero attached hydrogens (tertiary/aromatic N) is 6. The summed E-state index contributed by atoms with van der Waals surface area (Å²) in [5.74, 6) is 1.81. The summed E-state index contributed by atoms with van der Waals surface area (Å²) < 4.78 is 5.98. The van der Waals surface area contributed by atoms with Crippen LogP contribution in [0.25, 0.3) is 11.1 Å². The van der Waals surface area contributed by atoms with Crippen LogP contribution >= 0.6 is 0 Å². The number of hydrogen-bond acceptors (Lipinski definition) is 7. The molecule has 2 fully saturated rings. The van der Waals surface area contributed by atoms with Crippen LogP contribution in [0.2, 0.25) is 0 Å². The number of ether oxygens (including phenoxy) is 1. The minimum atomic E-state index is 0.0368. The Labute approximate surface area is 170 Å². The first-order valence-corrected chi connectivity index (χ1v) is 10.2. The quantitative estimate of drug-likeness (QED) is 0.680. The van der Waals surface area contributed by atoms with E-state index in [2.05, 4.69) is 25.8 Å². The van der Waals surface area contributed by atoms with E-state index in [4.69, 9.17) is 14.7 Å². The van der Waals surface area contributed by atoms with Crippen molar-refractivity contribution in [3.8, 4) is 11.1 Å². The van der Waals surface area contributed by atoms with Crippen molar-refractivity contribution >= 4 is 11.8 Å². The Morgan fingerprint density at radius 3 is 2.45 bits per heavy atom.